The molecule has 0 spiro atoms. The van der Waals surface area contributed by atoms with E-state index < -0.39 is 0 Å². The first kappa shape index (κ1) is 14.2. The van der Waals surface area contributed by atoms with Crippen molar-refractivity contribution >= 4 is 0 Å². The van der Waals surface area contributed by atoms with Gasteiger partial charge in [-0.1, -0.05) is 0 Å². The highest BCUT2D eigenvalue weighted by Gasteiger charge is 2.26. The highest BCUT2D eigenvalue weighted by atomic mass is 16.3. The maximum absolute atomic E-state index is 10.2. The molecule has 0 bridgehead atoms. The number of nitrogens with one attached hydrogen (secondary N) is 1. The van der Waals surface area contributed by atoms with Gasteiger partial charge in [-0.15, -0.1) is 0 Å². The van der Waals surface area contributed by atoms with Crippen LogP contribution in [0.5, 0.6) is 0 Å². The molecule has 0 aromatic carbocycles. The summed E-state index contributed by atoms with van der Waals surface area (Å²) in [6.07, 6.45) is 1.02. The molecule has 2 unspecified atom stereocenters. The van der Waals surface area contributed by atoms with Crippen molar-refractivity contribution in [2.75, 3.05) is 66.5 Å². The van der Waals surface area contributed by atoms with Crippen molar-refractivity contribution in [2.45, 2.75) is 18.6 Å². The Labute approximate surface area is 111 Å². The number of β-amino-alcohol motifs (C(OH)–C–C–N with tert-alkyl or cyclic N) is 1. The summed E-state index contributed by atoms with van der Waals surface area (Å²) < 4.78 is 0. The Morgan fingerprint density at radius 2 is 1.83 bits per heavy atom. The van der Waals surface area contributed by atoms with E-state index in [9.17, 15) is 5.11 Å². The monoisotopic (exact) mass is 256 g/mol. The molecule has 2 aliphatic heterocycles. The van der Waals surface area contributed by atoms with Crippen molar-refractivity contribution in [3.63, 3.8) is 0 Å². The van der Waals surface area contributed by atoms with Crippen LogP contribution in [-0.4, -0.2) is 98.4 Å². The number of rotatable bonds is 5. The normalized spacial score (nSPS) is 29.0. The lowest BCUT2D eigenvalue weighted by molar-refractivity contribution is 0.0747. The summed E-state index contributed by atoms with van der Waals surface area (Å²) in [6, 6.07) is 0.663. The van der Waals surface area contributed by atoms with E-state index in [1.165, 1.54) is 6.42 Å². The molecule has 2 atom stereocenters. The van der Waals surface area contributed by atoms with E-state index in [1.807, 2.05) is 0 Å². The Hall–Kier alpha value is -0.200. The lowest BCUT2D eigenvalue weighted by Gasteiger charge is -2.30. The van der Waals surface area contributed by atoms with Crippen molar-refractivity contribution in [3.8, 4) is 0 Å². The van der Waals surface area contributed by atoms with Crippen LogP contribution in [0.25, 0.3) is 0 Å². The number of aliphatic hydroxyl groups is 1. The van der Waals surface area contributed by atoms with Gasteiger partial charge in [-0.3, -0.25) is 9.80 Å². The van der Waals surface area contributed by atoms with Crippen LogP contribution in [-0.2, 0) is 0 Å². The van der Waals surface area contributed by atoms with Gasteiger partial charge in [0.1, 0.15) is 0 Å². The predicted octanol–water partition coefficient (Wildman–Crippen LogP) is -1.11. The molecule has 0 radical (unpaired) electrons. The molecule has 2 aliphatic rings. The number of hydrogen-bond donors (Lipinski definition) is 2. The first-order chi connectivity index (χ1) is 8.65. The molecule has 0 amide bonds. The summed E-state index contributed by atoms with van der Waals surface area (Å²) in [7, 11) is 4.29. The van der Waals surface area contributed by atoms with Crippen molar-refractivity contribution < 1.29 is 5.11 Å². The number of nitrogens with zero attached hydrogens (tertiary/aromatic N) is 3. The first-order valence-corrected chi connectivity index (χ1v) is 7.15. The second-order valence-corrected chi connectivity index (χ2v) is 5.87. The number of likely N-dealkylation sites (N-methyl/N-ethyl adjacent to an activating group) is 1. The zero-order valence-electron chi connectivity index (χ0n) is 11.8. The van der Waals surface area contributed by atoms with Crippen LogP contribution in [0.2, 0.25) is 0 Å². The van der Waals surface area contributed by atoms with E-state index in [2.05, 4.69) is 34.1 Å². The Balaban J connectivity index is 1.66. The molecular formula is C13H28N4O. The summed E-state index contributed by atoms with van der Waals surface area (Å²) in [5.41, 5.74) is 0. The minimum Gasteiger partial charge on any atom is -0.390 e. The second-order valence-electron chi connectivity index (χ2n) is 5.87. The number of likely N-dealkylation sites (tertiary alicyclic amines) is 1. The lowest BCUT2D eigenvalue weighted by atomic mass is 10.2. The topological polar surface area (TPSA) is 42.0 Å². The second kappa shape index (κ2) is 6.82. The minimum atomic E-state index is -0.205. The maximum atomic E-state index is 10.2. The third kappa shape index (κ3) is 4.17. The van der Waals surface area contributed by atoms with Crippen LogP contribution in [0.3, 0.4) is 0 Å². The van der Waals surface area contributed by atoms with Gasteiger partial charge < -0.3 is 15.3 Å². The molecule has 0 aliphatic carbocycles. The summed E-state index contributed by atoms with van der Waals surface area (Å²) in [4.78, 5) is 7.06. The van der Waals surface area contributed by atoms with E-state index in [-0.39, 0.29) is 6.10 Å². The van der Waals surface area contributed by atoms with Crippen LogP contribution in [0.4, 0.5) is 0 Å². The van der Waals surface area contributed by atoms with Crippen molar-refractivity contribution in [2.24, 2.45) is 0 Å². The highest BCUT2D eigenvalue weighted by Crippen LogP contribution is 2.13. The van der Waals surface area contributed by atoms with Gasteiger partial charge in [0.2, 0.25) is 0 Å². The smallest absolute Gasteiger partial charge is 0.0793 e. The van der Waals surface area contributed by atoms with Crippen LogP contribution in [0, 0.1) is 0 Å². The Morgan fingerprint density at radius 3 is 2.44 bits per heavy atom. The van der Waals surface area contributed by atoms with Gasteiger partial charge in [0.15, 0.2) is 0 Å². The van der Waals surface area contributed by atoms with E-state index in [0.29, 0.717) is 6.04 Å². The number of piperazine rings is 1. The van der Waals surface area contributed by atoms with Crippen molar-refractivity contribution in [1.82, 2.24) is 20.0 Å². The Kier molecular flexibility index (Phi) is 5.38. The third-order valence-electron chi connectivity index (χ3n) is 4.13. The summed E-state index contributed by atoms with van der Waals surface area (Å²) in [5, 5.41) is 13.5. The minimum absolute atomic E-state index is 0.205. The summed E-state index contributed by atoms with van der Waals surface area (Å²) in [5.74, 6) is 0. The molecule has 5 nitrogen and oxygen atoms in total. The molecule has 18 heavy (non-hydrogen) atoms. The van der Waals surface area contributed by atoms with E-state index in [4.69, 9.17) is 0 Å². The van der Waals surface area contributed by atoms with Gasteiger partial charge in [0.05, 0.1) is 6.10 Å². The lowest BCUT2D eigenvalue weighted by Crippen LogP contribution is -2.48. The van der Waals surface area contributed by atoms with Crippen LogP contribution < -0.4 is 5.32 Å². The summed E-state index contributed by atoms with van der Waals surface area (Å²) >= 11 is 0. The largest absolute Gasteiger partial charge is 0.390 e. The van der Waals surface area contributed by atoms with Crippen molar-refractivity contribution in [3.05, 3.63) is 0 Å². The quantitative estimate of drug-likeness (QED) is 0.653. The molecule has 2 heterocycles. The zero-order valence-corrected chi connectivity index (χ0v) is 11.8. The van der Waals surface area contributed by atoms with Crippen LogP contribution in [0.1, 0.15) is 6.42 Å². The Morgan fingerprint density at radius 1 is 1.17 bits per heavy atom. The SMILES string of the molecule is CN(C)C1CCN(CC(O)CN2CCNCC2)C1. The van der Waals surface area contributed by atoms with Crippen LogP contribution >= 0.6 is 0 Å². The van der Waals surface area contributed by atoms with E-state index >= 15 is 0 Å². The molecule has 2 rings (SSSR count). The average Bonchev–Trinajstić information content (AvgIpc) is 2.78. The fraction of sp³-hybridized carbons (Fsp3) is 1.00. The third-order valence-corrected chi connectivity index (χ3v) is 4.13. The van der Waals surface area contributed by atoms with Gasteiger partial charge in [0, 0.05) is 51.9 Å². The standard InChI is InChI=1S/C13H28N4O/c1-15(2)12-3-6-17(9-12)11-13(18)10-16-7-4-14-5-8-16/h12-14,18H,3-11H2,1-2H3. The zero-order chi connectivity index (χ0) is 13.0. The fourth-order valence-corrected chi connectivity index (χ4v) is 2.95. The predicted molar refractivity (Wildman–Crippen MR) is 73.8 cm³/mol. The average molecular weight is 256 g/mol. The molecule has 2 saturated heterocycles. The van der Waals surface area contributed by atoms with Gasteiger partial charge in [-0.25, -0.2) is 0 Å². The number of hydrogen-bond acceptors (Lipinski definition) is 5. The van der Waals surface area contributed by atoms with E-state index in [0.717, 1.165) is 52.4 Å². The van der Waals surface area contributed by atoms with Gasteiger partial charge >= 0.3 is 0 Å². The highest BCUT2D eigenvalue weighted by molar-refractivity contribution is 4.83. The van der Waals surface area contributed by atoms with E-state index in [1.54, 1.807) is 0 Å². The van der Waals surface area contributed by atoms with Crippen molar-refractivity contribution in [1.29, 1.82) is 0 Å². The first-order valence-electron chi connectivity index (χ1n) is 7.15. The fourth-order valence-electron chi connectivity index (χ4n) is 2.95. The van der Waals surface area contributed by atoms with Crippen LogP contribution in [0.15, 0.2) is 0 Å². The number of aliphatic hydroxyl groups excluding tert-OH is 1. The molecular weight excluding hydrogens is 228 g/mol. The molecule has 5 heteroatoms. The summed E-state index contributed by atoms with van der Waals surface area (Å²) in [6.45, 7) is 8.12. The van der Waals surface area contributed by atoms with Gasteiger partial charge in [-0.05, 0) is 27.1 Å². The molecule has 0 aromatic rings. The molecule has 106 valence electrons. The molecule has 2 N–H and O–H groups in total. The molecule has 2 fully saturated rings. The van der Waals surface area contributed by atoms with Gasteiger partial charge in [0.25, 0.3) is 0 Å². The van der Waals surface area contributed by atoms with Gasteiger partial charge in [-0.2, -0.15) is 0 Å². The maximum Gasteiger partial charge on any atom is 0.0793 e. The Bertz CT molecular complexity index is 243. The molecule has 0 saturated carbocycles. The molecule has 0 aromatic heterocycles.